The zero-order chi connectivity index (χ0) is 15.0. The number of hydrogen-bond acceptors (Lipinski definition) is 4. The Morgan fingerprint density at radius 3 is 2.32 bits per heavy atom. The third-order valence-corrected chi connectivity index (χ3v) is 5.37. The van der Waals surface area contributed by atoms with Gasteiger partial charge in [0.2, 0.25) is 10.0 Å². The van der Waals surface area contributed by atoms with E-state index in [0.717, 1.165) is 9.87 Å². The molecule has 1 atom stereocenters. The highest BCUT2D eigenvalue weighted by Crippen LogP contribution is 2.29. The maximum Gasteiger partial charge on any atom is 0.243 e. The van der Waals surface area contributed by atoms with Crippen molar-refractivity contribution >= 4 is 15.7 Å². The zero-order valence-electron chi connectivity index (χ0n) is 12.1. The van der Waals surface area contributed by atoms with Crippen molar-refractivity contribution in [2.75, 3.05) is 19.3 Å². The Kier molecular flexibility index (Phi) is 4.60. The standard InChI is InChI=1S/C13H22N2O3S/c1-8-6-12(14)11(4)13(10(8)3)19(17,18)15(5)7-9(2)16/h6,9,16H,7,14H2,1-5H3. The van der Waals surface area contributed by atoms with Crippen LogP contribution in [-0.2, 0) is 10.0 Å². The highest BCUT2D eigenvalue weighted by molar-refractivity contribution is 7.89. The average molecular weight is 286 g/mol. The molecular weight excluding hydrogens is 264 g/mol. The van der Waals surface area contributed by atoms with Gasteiger partial charge in [0, 0.05) is 19.3 Å². The molecule has 0 spiro atoms. The van der Waals surface area contributed by atoms with E-state index in [2.05, 4.69) is 0 Å². The van der Waals surface area contributed by atoms with Gasteiger partial charge in [-0.25, -0.2) is 8.42 Å². The maximum absolute atomic E-state index is 12.6. The number of aryl methyl sites for hydroxylation is 1. The highest BCUT2D eigenvalue weighted by atomic mass is 32.2. The average Bonchev–Trinajstić information content (AvgIpc) is 2.25. The lowest BCUT2D eigenvalue weighted by Gasteiger charge is -2.22. The fourth-order valence-corrected chi connectivity index (χ4v) is 3.83. The van der Waals surface area contributed by atoms with Crippen LogP contribution >= 0.6 is 0 Å². The number of hydrogen-bond donors (Lipinski definition) is 2. The minimum absolute atomic E-state index is 0.0507. The molecule has 0 amide bonds. The highest BCUT2D eigenvalue weighted by Gasteiger charge is 2.27. The van der Waals surface area contributed by atoms with Crippen LogP contribution in [0.3, 0.4) is 0 Å². The summed E-state index contributed by atoms with van der Waals surface area (Å²) in [6.07, 6.45) is -0.720. The number of anilines is 1. The first-order valence-corrected chi connectivity index (χ1v) is 7.53. The largest absolute Gasteiger partial charge is 0.398 e. The predicted octanol–water partition coefficient (Wildman–Crippen LogP) is 1.20. The minimum Gasteiger partial charge on any atom is -0.398 e. The van der Waals surface area contributed by atoms with E-state index in [1.807, 2.05) is 6.92 Å². The van der Waals surface area contributed by atoms with Crippen molar-refractivity contribution in [3.63, 3.8) is 0 Å². The fourth-order valence-electron chi connectivity index (χ4n) is 2.05. The Bertz CT molecular complexity index is 554. The summed E-state index contributed by atoms with van der Waals surface area (Å²) >= 11 is 0. The number of nitrogen functional groups attached to an aromatic ring is 1. The minimum atomic E-state index is -3.65. The molecule has 0 saturated carbocycles. The van der Waals surface area contributed by atoms with E-state index in [0.29, 0.717) is 16.8 Å². The van der Waals surface area contributed by atoms with Gasteiger partial charge in [0.1, 0.15) is 0 Å². The van der Waals surface area contributed by atoms with Gasteiger partial charge in [-0.3, -0.25) is 0 Å². The second-order valence-electron chi connectivity index (χ2n) is 5.00. The van der Waals surface area contributed by atoms with Crippen LogP contribution in [0, 0.1) is 20.8 Å². The smallest absolute Gasteiger partial charge is 0.243 e. The molecule has 3 N–H and O–H groups in total. The number of rotatable bonds is 4. The fraction of sp³-hybridized carbons (Fsp3) is 0.538. The van der Waals surface area contributed by atoms with Gasteiger partial charge < -0.3 is 10.8 Å². The lowest BCUT2D eigenvalue weighted by molar-refractivity contribution is 0.171. The van der Waals surface area contributed by atoms with Crippen molar-refractivity contribution in [1.82, 2.24) is 4.31 Å². The van der Waals surface area contributed by atoms with Crippen molar-refractivity contribution in [2.45, 2.75) is 38.7 Å². The van der Waals surface area contributed by atoms with Gasteiger partial charge in [0.25, 0.3) is 0 Å². The molecule has 5 nitrogen and oxygen atoms in total. The number of nitrogens with zero attached hydrogens (tertiary/aromatic N) is 1. The van der Waals surface area contributed by atoms with E-state index in [4.69, 9.17) is 5.73 Å². The summed E-state index contributed by atoms with van der Waals surface area (Å²) < 4.78 is 26.3. The third-order valence-electron chi connectivity index (χ3n) is 3.27. The van der Waals surface area contributed by atoms with Crippen LogP contribution in [0.1, 0.15) is 23.6 Å². The van der Waals surface area contributed by atoms with Gasteiger partial charge in [0.05, 0.1) is 11.0 Å². The lowest BCUT2D eigenvalue weighted by Crippen LogP contribution is -2.34. The second-order valence-corrected chi connectivity index (χ2v) is 6.98. The molecule has 0 aliphatic rings. The van der Waals surface area contributed by atoms with Gasteiger partial charge in [0.15, 0.2) is 0 Å². The van der Waals surface area contributed by atoms with Crippen LogP contribution in [0.25, 0.3) is 0 Å². The molecule has 0 saturated heterocycles. The van der Waals surface area contributed by atoms with E-state index in [1.165, 1.54) is 7.05 Å². The second kappa shape index (κ2) is 5.48. The SMILES string of the molecule is Cc1cc(N)c(C)c(S(=O)(=O)N(C)CC(C)O)c1C. The van der Waals surface area contributed by atoms with E-state index in [9.17, 15) is 13.5 Å². The number of benzene rings is 1. The van der Waals surface area contributed by atoms with Crippen LogP contribution in [0.4, 0.5) is 5.69 Å². The molecule has 0 aliphatic carbocycles. The van der Waals surface area contributed by atoms with Gasteiger partial charge in [-0.05, 0) is 50.5 Å². The molecule has 6 heteroatoms. The molecule has 19 heavy (non-hydrogen) atoms. The summed E-state index contributed by atoms with van der Waals surface area (Å²) in [5.41, 5.74) is 8.42. The number of likely N-dealkylation sites (N-methyl/N-ethyl adjacent to an activating group) is 1. The first kappa shape index (κ1) is 15.9. The predicted molar refractivity (Wildman–Crippen MR) is 76.6 cm³/mol. The monoisotopic (exact) mass is 286 g/mol. The zero-order valence-corrected chi connectivity index (χ0v) is 12.9. The van der Waals surface area contributed by atoms with Crippen molar-refractivity contribution in [2.24, 2.45) is 0 Å². The molecule has 0 heterocycles. The summed E-state index contributed by atoms with van der Waals surface area (Å²) in [4.78, 5) is 0.244. The summed E-state index contributed by atoms with van der Waals surface area (Å²) in [6.45, 7) is 6.90. The normalized spacial score (nSPS) is 13.8. The number of nitrogens with two attached hydrogens (primary N) is 1. The Morgan fingerprint density at radius 1 is 1.32 bits per heavy atom. The van der Waals surface area contributed by atoms with Crippen molar-refractivity contribution in [3.8, 4) is 0 Å². The quantitative estimate of drug-likeness (QED) is 0.815. The number of aliphatic hydroxyl groups is 1. The maximum atomic E-state index is 12.6. The topological polar surface area (TPSA) is 83.6 Å². The number of sulfonamides is 1. The molecule has 0 aliphatic heterocycles. The van der Waals surface area contributed by atoms with E-state index >= 15 is 0 Å². The van der Waals surface area contributed by atoms with Crippen molar-refractivity contribution in [3.05, 3.63) is 22.8 Å². The van der Waals surface area contributed by atoms with E-state index < -0.39 is 16.1 Å². The molecule has 1 aromatic rings. The summed E-state index contributed by atoms with van der Waals surface area (Å²) in [5.74, 6) is 0. The van der Waals surface area contributed by atoms with E-state index in [-0.39, 0.29) is 11.4 Å². The van der Waals surface area contributed by atoms with Crippen LogP contribution in [0.5, 0.6) is 0 Å². The molecule has 0 bridgehead atoms. The Morgan fingerprint density at radius 2 is 1.84 bits per heavy atom. The molecule has 0 aromatic heterocycles. The molecule has 1 rings (SSSR count). The van der Waals surface area contributed by atoms with Gasteiger partial charge in [-0.2, -0.15) is 4.31 Å². The molecular formula is C13H22N2O3S. The summed E-state index contributed by atoms with van der Waals surface area (Å²) in [6, 6.07) is 1.78. The van der Waals surface area contributed by atoms with Gasteiger partial charge >= 0.3 is 0 Å². The van der Waals surface area contributed by atoms with Gasteiger partial charge in [-0.1, -0.05) is 0 Å². The summed E-state index contributed by atoms with van der Waals surface area (Å²) in [5, 5.41) is 9.35. The Hall–Kier alpha value is -1.11. The molecule has 1 aromatic carbocycles. The molecule has 0 fully saturated rings. The van der Waals surface area contributed by atoms with Crippen molar-refractivity contribution in [1.29, 1.82) is 0 Å². The summed E-state index contributed by atoms with van der Waals surface area (Å²) in [7, 11) is -2.19. The molecule has 0 radical (unpaired) electrons. The Balaban J connectivity index is 3.45. The number of aliphatic hydroxyl groups excluding tert-OH is 1. The van der Waals surface area contributed by atoms with Crippen molar-refractivity contribution < 1.29 is 13.5 Å². The van der Waals surface area contributed by atoms with Crippen LogP contribution in [0.15, 0.2) is 11.0 Å². The lowest BCUT2D eigenvalue weighted by atomic mass is 10.1. The van der Waals surface area contributed by atoms with Crippen LogP contribution in [-0.4, -0.2) is 37.5 Å². The first-order chi connectivity index (χ1) is 8.59. The first-order valence-electron chi connectivity index (χ1n) is 6.09. The van der Waals surface area contributed by atoms with Crippen LogP contribution < -0.4 is 5.73 Å². The molecule has 1 unspecified atom stereocenters. The van der Waals surface area contributed by atoms with Crippen LogP contribution in [0.2, 0.25) is 0 Å². The van der Waals surface area contributed by atoms with E-state index in [1.54, 1.807) is 26.8 Å². The third kappa shape index (κ3) is 3.08. The Labute approximate surface area is 115 Å². The molecule has 108 valence electrons. The van der Waals surface area contributed by atoms with Gasteiger partial charge in [-0.15, -0.1) is 0 Å².